The van der Waals surface area contributed by atoms with E-state index in [1.807, 2.05) is 0 Å². The van der Waals surface area contributed by atoms with Gasteiger partial charge in [-0.1, -0.05) is 194 Å². The van der Waals surface area contributed by atoms with Gasteiger partial charge in [0.2, 0.25) is 0 Å². The summed E-state index contributed by atoms with van der Waals surface area (Å²) in [6.45, 7) is 85.4. The Balaban J connectivity index is 0.000000161. The van der Waals surface area contributed by atoms with Crippen molar-refractivity contribution in [2.24, 2.45) is 51.8 Å². The van der Waals surface area contributed by atoms with Crippen LogP contribution in [0.25, 0.3) is 0 Å². The largest absolute Gasteiger partial charge is 0.533 e. The van der Waals surface area contributed by atoms with Gasteiger partial charge in [0.1, 0.15) is 17.1 Å². The third kappa shape index (κ3) is 19.7. The van der Waals surface area contributed by atoms with Crippen molar-refractivity contribution in [1.82, 2.24) is 0 Å². The Bertz CT molecular complexity index is 3600. The fraction of sp³-hybridized carbons (Fsp3) is 0.922. The summed E-state index contributed by atoms with van der Waals surface area (Å²) in [5.74, 6) is -0.168. The zero-order valence-electron chi connectivity index (χ0n) is 81.9. The first-order valence-corrected chi connectivity index (χ1v) is 45.3. The van der Waals surface area contributed by atoms with Crippen LogP contribution in [0.1, 0.15) is 346 Å². The van der Waals surface area contributed by atoms with Crippen LogP contribution in [0.2, 0.25) is 37.2 Å². The van der Waals surface area contributed by atoms with E-state index >= 15 is 0 Å². The van der Waals surface area contributed by atoms with Gasteiger partial charge in [-0.15, -0.1) is 0 Å². The summed E-state index contributed by atoms with van der Waals surface area (Å²) in [7, 11) is -2.16. The molecule has 0 aromatic carbocycles. The minimum atomic E-state index is -1.68. The summed E-state index contributed by atoms with van der Waals surface area (Å²) in [5.41, 5.74) is -3.18. The topological polar surface area (TPSA) is 294 Å². The predicted molar refractivity (Wildman–Crippen MR) is 475 cm³/mol. The standard InChI is InChI=1S/2C15H27BO2.C14H25BO4.C14H25BO2.2C11H17BO6.C10H21BO2/c2*1-12(2,3)16-17-14(6)9-10-8-11(13(10,4)5)15(14,7)18-16;1-12(2,3)15-18-13(4-8-16-9-5-13)14(19-15)6-10-17-11-7-14;1-12(2,3)15-16-11-8-9-7-10(13(9,4)5)14(11,6)17-15;1-7(13)11(5-8(14)15)6-9(16)17-12(18-11)10(2,3)4;1-7(13)5-11(6-8(14)15)9(16)17-12(18-11)10(2,3)4;1-8(2,3)11-12-9(4,5)10(6,7)13-11/h2*10-11H,8-9H2,1-7H3;4-11H2,1-3H3;9-11H,7-8H2,1-6H3;13H,1,5-6H2,2-4H3,(H,14,15);5-6H2,1-4H3,(H,14,15);1-7H3/t2*10-,11-,14+,15-;;9-,10-,11+,14-;;;/m10.0.../s1. The number of carboxylic acid groups (broad SMARTS) is 2. The molecule has 31 heteroatoms. The fourth-order valence-corrected chi connectivity index (χ4v) is 21.5. The van der Waals surface area contributed by atoms with E-state index in [0.29, 0.717) is 40.1 Å². The lowest BCUT2D eigenvalue weighted by atomic mass is 9.41. The normalized spacial score (nSPS) is 36.3. The highest BCUT2D eigenvalue weighted by molar-refractivity contribution is 6.53. The number of ether oxygens (including phenoxy) is 2. The molecule has 9 heterocycles. The van der Waals surface area contributed by atoms with Gasteiger partial charge in [0.25, 0.3) is 5.97 Å². The molecule has 2 spiro atoms. The molecule has 2 unspecified atom stereocenters. The molecule has 6 bridgehead atoms. The molecule has 14 atom stereocenters. The number of aliphatic hydroxyl groups is 1. The summed E-state index contributed by atoms with van der Waals surface area (Å²) < 4.78 is 95.3. The van der Waals surface area contributed by atoms with E-state index in [9.17, 15) is 29.1 Å². The zero-order chi connectivity index (χ0) is 92.1. The average molecular weight is 1700 g/mol. The van der Waals surface area contributed by atoms with E-state index in [0.717, 1.165) is 82.7 Å². The number of carbonyl (C=O) groups is 5. The van der Waals surface area contributed by atoms with E-state index in [-0.39, 0.29) is 131 Å². The smallest absolute Gasteiger partial charge is 0.510 e. The number of rotatable bonds is 7. The van der Waals surface area contributed by atoms with Crippen molar-refractivity contribution >= 4 is 79.5 Å². The maximum absolute atomic E-state index is 11.9. The number of Topliss-reactive ketones (excluding diaryl/α,β-unsaturated/α-hetero) is 1. The maximum Gasteiger partial charge on any atom is 0.533 e. The predicted octanol–water partition coefficient (Wildman–Crippen LogP) is 19.2. The summed E-state index contributed by atoms with van der Waals surface area (Å²) in [5, 5.41) is 26.5. The first-order valence-electron chi connectivity index (χ1n) is 45.3. The highest BCUT2D eigenvalue weighted by Gasteiger charge is 2.76. The molecular formula is C90H159B7O24. The Labute approximate surface area is 731 Å². The van der Waals surface area contributed by atoms with Crippen LogP contribution >= 0.6 is 0 Å². The van der Waals surface area contributed by atoms with Gasteiger partial charge in [-0.3, -0.25) is 24.0 Å². The van der Waals surface area contributed by atoms with Crippen molar-refractivity contribution in [2.45, 2.75) is 451 Å². The van der Waals surface area contributed by atoms with E-state index in [4.69, 9.17) is 84.8 Å². The molecule has 9 aliphatic heterocycles. The Kier molecular flexibility index (Phi) is 28.1. The quantitative estimate of drug-likeness (QED) is 0.158. The maximum atomic E-state index is 11.9. The number of hydrogen-bond acceptors (Lipinski definition) is 22. The molecule has 0 aromatic rings. The minimum absolute atomic E-state index is 0.00705. The number of hydrogen-bond donors (Lipinski definition) is 3. The summed E-state index contributed by atoms with van der Waals surface area (Å²) >= 11 is 0. The molecule has 9 aliphatic carbocycles. The molecule has 18 aliphatic rings. The molecule has 121 heavy (non-hydrogen) atoms. The minimum Gasteiger partial charge on any atom is -0.510 e. The van der Waals surface area contributed by atoms with Crippen LogP contribution < -0.4 is 0 Å². The van der Waals surface area contributed by atoms with Crippen LogP contribution in [0, 0.1) is 51.8 Å². The SMILES string of the molecule is C=C(O)C1(CC(=O)O)CC(=O)OB(C(C)(C)C)O1.CC(=O)CC1(CC(=O)O)OB(C(C)(C)C)OC1=O.CC(C)(C)B1OC(C)(C)C(C)(C)O1.CC(C)(C)B1OC2(CCOCC2)C2(CCOCC2)O1.CC(C)(C)B1O[C@@H]2C[C@@H]3C[C@@H](C3(C)C)[C@]2(C)O1.CC(C)(C)B1O[C@@]2(C)C[C@H]3C[C@H](C3(C)C)[C@@]2(C)O1.CC(C)(C)B1O[C@]2(C)C[C@@H]3C[C@@H](C3(C)C)[C@]2(C)O1. The third-order valence-electron chi connectivity index (χ3n) is 31.2. The summed E-state index contributed by atoms with van der Waals surface area (Å²) in [4.78, 5) is 56.3. The van der Waals surface area contributed by atoms with Crippen molar-refractivity contribution < 1.29 is 114 Å². The molecular weight excluding hydrogens is 1540 g/mol. The second-order valence-electron chi connectivity index (χ2n) is 50.0. The lowest BCUT2D eigenvalue weighted by Gasteiger charge is -2.67. The molecule has 3 N–H and O–H groups in total. The van der Waals surface area contributed by atoms with Crippen LogP contribution in [0.15, 0.2) is 12.3 Å². The highest BCUT2D eigenvalue weighted by atomic mass is 16.7. The van der Waals surface area contributed by atoms with Crippen LogP contribution in [-0.4, -0.2) is 189 Å². The fourth-order valence-electron chi connectivity index (χ4n) is 21.5. The second kappa shape index (κ2) is 33.4. The van der Waals surface area contributed by atoms with Gasteiger partial charge in [0.05, 0.1) is 75.8 Å². The average Bonchev–Trinajstić information content (AvgIpc) is 1.58. The van der Waals surface area contributed by atoms with Crippen molar-refractivity contribution in [1.29, 1.82) is 0 Å². The molecule has 684 valence electrons. The van der Waals surface area contributed by atoms with E-state index < -0.39 is 78.5 Å². The molecule has 0 amide bonds. The Hall–Kier alpha value is -3.02. The summed E-state index contributed by atoms with van der Waals surface area (Å²) in [6.07, 6.45) is 9.81. The first kappa shape index (κ1) is 102. The molecule has 0 radical (unpaired) electrons. The Morgan fingerprint density at radius 3 is 1.07 bits per heavy atom. The molecule has 9 saturated heterocycles. The number of aliphatic carboxylic acids is 2. The highest BCUT2D eigenvalue weighted by Crippen LogP contribution is 2.72. The van der Waals surface area contributed by atoms with E-state index in [1.165, 1.54) is 32.6 Å². The molecule has 0 aromatic heterocycles. The summed E-state index contributed by atoms with van der Waals surface area (Å²) in [6, 6.07) is 0. The molecule has 24 nitrogen and oxygen atoms in total. The van der Waals surface area contributed by atoms with Crippen molar-refractivity contribution in [3.8, 4) is 0 Å². The Morgan fingerprint density at radius 1 is 0.397 bits per heavy atom. The zero-order valence-corrected chi connectivity index (χ0v) is 81.9. The van der Waals surface area contributed by atoms with Gasteiger partial charge in [-0.2, -0.15) is 0 Å². The van der Waals surface area contributed by atoms with Crippen LogP contribution in [-0.2, 0) is 98.6 Å². The van der Waals surface area contributed by atoms with Crippen LogP contribution in [0.4, 0.5) is 0 Å². The lowest BCUT2D eigenvalue weighted by molar-refractivity contribution is -0.235. The van der Waals surface area contributed by atoms with Gasteiger partial charge in [-0.25, -0.2) is 0 Å². The lowest BCUT2D eigenvalue weighted by Crippen LogP contribution is -2.70. The van der Waals surface area contributed by atoms with Gasteiger partial charge in [0, 0.05) is 69.2 Å². The second-order valence-corrected chi connectivity index (χ2v) is 50.0. The van der Waals surface area contributed by atoms with Crippen molar-refractivity contribution in [3.05, 3.63) is 12.3 Å². The molecule has 9 saturated carbocycles. The van der Waals surface area contributed by atoms with Gasteiger partial charge >= 0.3 is 67.7 Å². The number of ketones is 1. The monoisotopic (exact) mass is 1700 g/mol. The molecule has 18 fully saturated rings. The van der Waals surface area contributed by atoms with Gasteiger partial charge in [-0.05, 0) is 186 Å². The molecule has 18 rings (SSSR count). The van der Waals surface area contributed by atoms with Gasteiger partial charge in [0.15, 0.2) is 5.60 Å². The number of carbonyl (C=O) groups excluding carboxylic acids is 3. The third-order valence-corrected chi connectivity index (χ3v) is 31.2. The van der Waals surface area contributed by atoms with Crippen LogP contribution in [0.5, 0.6) is 0 Å². The van der Waals surface area contributed by atoms with Crippen molar-refractivity contribution in [3.63, 3.8) is 0 Å². The number of aliphatic hydroxyl groups excluding tert-OH is 1. The van der Waals surface area contributed by atoms with E-state index in [2.05, 4.69) is 214 Å². The Morgan fingerprint density at radius 2 is 0.744 bits per heavy atom. The first-order chi connectivity index (χ1) is 54.3. The van der Waals surface area contributed by atoms with Crippen LogP contribution in [0.3, 0.4) is 0 Å². The van der Waals surface area contributed by atoms with E-state index in [1.54, 1.807) is 41.5 Å². The number of carboxylic acids is 2. The van der Waals surface area contributed by atoms with Crippen molar-refractivity contribution in [2.75, 3.05) is 26.4 Å². The number of fused-ring (bicyclic) bond motifs is 1. The van der Waals surface area contributed by atoms with Gasteiger partial charge < -0.3 is 90.0 Å².